The number of nitrogens with one attached hydrogen (secondary N) is 3. The van der Waals surface area contributed by atoms with Gasteiger partial charge in [0.25, 0.3) is 0 Å². The van der Waals surface area contributed by atoms with Gasteiger partial charge >= 0.3 is 12.1 Å². The molecule has 328 valence electrons. The van der Waals surface area contributed by atoms with E-state index in [1.165, 1.54) is 154 Å². The smallest absolute Gasteiger partial charge is 0.408 e. The van der Waals surface area contributed by atoms with Crippen molar-refractivity contribution < 1.29 is 24.1 Å². The van der Waals surface area contributed by atoms with Crippen LogP contribution in [-0.2, 0) is 14.3 Å². The van der Waals surface area contributed by atoms with Crippen LogP contribution in [0.4, 0.5) is 4.79 Å². The summed E-state index contributed by atoms with van der Waals surface area (Å²) in [4.78, 5) is 43.9. The first-order chi connectivity index (χ1) is 27.0. The number of ether oxygens (including phenoxy) is 1. The Morgan fingerprint density at radius 1 is 0.625 bits per heavy atom. The molecule has 1 unspecified atom stereocenters. The minimum atomic E-state index is -0.917. The zero-order valence-electron chi connectivity index (χ0n) is 37.3. The Morgan fingerprint density at radius 3 is 1.41 bits per heavy atom. The number of unbranched alkanes of at least 4 members (excludes halogenated alkanes) is 25. The second-order valence-corrected chi connectivity index (χ2v) is 17.0. The van der Waals surface area contributed by atoms with Crippen molar-refractivity contribution in [2.45, 2.75) is 232 Å². The van der Waals surface area contributed by atoms with E-state index in [0.29, 0.717) is 13.1 Å². The Labute approximate surface area is 345 Å². The average molecular weight is 792 g/mol. The Kier molecular flexibility index (Phi) is 35.9. The van der Waals surface area contributed by atoms with Gasteiger partial charge in [0.05, 0.1) is 13.1 Å². The van der Waals surface area contributed by atoms with E-state index in [9.17, 15) is 14.4 Å². The Bertz CT molecular complexity index is 1010. The molecule has 1 atom stereocenters. The fourth-order valence-electron chi connectivity index (χ4n) is 6.89. The molecule has 0 spiro atoms. The number of hydrogen-bond acceptors (Lipinski definition) is 4. The van der Waals surface area contributed by atoms with Crippen LogP contribution in [0, 0.1) is 0 Å². The maximum Gasteiger partial charge on any atom is 0.408 e. The maximum atomic E-state index is 13.5. The van der Waals surface area contributed by atoms with Gasteiger partial charge in [-0.25, -0.2) is 4.79 Å². The van der Waals surface area contributed by atoms with E-state index < -0.39 is 23.6 Å². The predicted octanol–water partition coefficient (Wildman–Crippen LogP) is 9.09. The van der Waals surface area contributed by atoms with Gasteiger partial charge in [-0.3, -0.25) is 26.0 Å². The van der Waals surface area contributed by atoms with E-state index in [1.807, 2.05) is 4.90 Å². The van der Waals surface area contributed by atoms with Crippen molar-refractivity contribution >= 4 is 23.9 Å². The monoisotopic (exact) mass is 792 g/mol. The van der Waals surface area contributed by atoms with Crippen molar-refractivity contribution in [3.05, 3.63) is 12.2 Å². The summed E-state index contributed by atoms with van der Waals surface area (Å²) < 4.78 is 5.36. The van der Waals surface area contributed by atoms with Crippen LogP contribution in [-0.4, -0.2) is 66.6 Å². The molecular formula is C46H91N6O4+. The van der Waals surface area contributed by atoms with Gasteiger partial charge < -0.3 is 20.3 Å². The summed E-state index contributed by atoms with van der Waals surface area (Å²) >= 11 is 0. The van der Waals surface area contributed by atoms with E-state index in [2.05, 4.69) is 41.6 Å². The summed E-state index contributed by atoms with van der Waals surface area (Å²) in [6, 6.07) is -0.917. The van der Waals surface area contributed by atoms with Crippen molar-refractivity contribution in [1.29, 1.82) is 0 Å². The van der Waals surface area contributed by atoms with Crippen molar-refractivity contribution in [2.24, 2.45) is 11.5 Å². The van der Waals surface area contributed by atoms with Crippen LogP contribution in [0.25, 0.3) is 0 Å². The highest BCUT2D eigenvalue weighted by Gasteiger charge is 2.25. The molecule has 0 bridgehead atoms. The zero-order valence-corrected chi connectivity index (χ0v) is 37.3. The summed E-state index contributed by atoms with van der Waals surface area (Å²) in [6.07, 6.45) is 39.8. The second-order valence-electron chi connectivity index (χ2n) is 17.0. The van der Waals surface area contributed by atoms with Crippen LogP contribution in [0.15, 0.2) is 12.2 Å². The topological polar surface area (TPSA) is 154 Å². The number of rotatable bonds is 38. The first-order valence-electron chi connectivity index (χ1n) is 23.3. The summed E-state index contributed by atoms with van der Waals surface area (Å²) in [5.41, 5.74) is 10.3. The van der Waals surface area contributed by atoms with E-state index in [1.54, 1.807) is 20.8 Å². The summed E-state index contributed by atoms with van der Waals surface area (Å²) in [7, 11) is 0. The van der Waals surface area contributed by atoms with Crippen LogP contribution in [0.1, 0.15) is 221 Å². The Hall–Kier alpha value is -2.78. The van der Waals surface area contributed by atoms with Gasteiger partial charge in [-0.1, -0.05) is 167 Å². The van der Waals surface area contributed by atoms with E-state index in [0.717, 1.165) is 25.7 Å². The average Bonchev–Trinajstić information content (AvgIpc) is 3.14. The lowest BCUT2D eigenvalue weighted by Gasteiger charge is -2.25. The predicted molar refractivity (Wildman–Crippen MR) is 236 cm³/mol. The molecule has 0 radical (unpaired) electrons. The third kappa shape index (κ3) is 36.8. The minimum absolute atomic E-state index is 0.0296. The third-order valence-corrected chi connectivity index (χ3v) is 10.3. The second kappa shape index (κ2) is 37.8. The highest BCUT2D eigenvalue weighted by atomic mass is 16.6. The van der Waals surface area contributed by atoms with Gasteiger partial charge in [0, 0.05) is 19.5 Å². The van der Waals surface area contributed by atoms with Crippen LogP contribution in [0.5, 0.6) is 0 Å². The first-order valence-corrected chi connectivity index (χ1v) is 23.3. The molecule has 0 rings (SSSR count). The van der Waals surface area contributed by atoms with E-state index in [-0.39, 0.29) is 31.4 Å². The normalized spacial score (nSPS) is 12.1. The van der Waals surface area contributed by atoms with Gasteiger partial charge in [-0.15, -0.1) is 0 Å². The van der Waals surface area contributed by atoms with Gasteiger partial charge in [0.1, 0.15) is 11.6 Å². The summed E-state index contributed by atoms with van der Waals surface area (Å²) in [5, 5.41) is 5.41. The van der Waals surface area contributed by atoms with Crippen molar-refractivity contribution in [2.75, 3.05) is 26.2 Å². The molecule has 0 fully saturated rings. The molecule has 0 aliphatic rings. The number of amides is 3. The van der Waals surface area contributed by atoms with Crippen molar-refractivity contribution in [3.63, 3.8) is 0 Å². The van der Waals surface area contributed by atoms with Crippen LogP contribution < -0.4 is 27.1 Å². The fraction of sp³-hybridized carbons (Fsp3) is 0.870. The van der Waals surface area contributed by atoms with Gasteiger partial charge in [-0.05, 0) is 59.3 Å². The molecule has 0 aromatic carbocycles. The highest BCUT2D eigenvalue weighted by Crippen LogP contribution is 2.15. The number of nitrogens with zero attached hydrogens (tertiary/aromatic N) is 1. The fourth-order valence-corrected chi connectivity index (χ4v) is 6.89. The third-order valence-electron chi connectivity index (χ3n) is 10.3. The van der Waals surface area contributed by atoms with Gasteiger partial charge in [0.2, 0.25) is 11.8 Å². The lowest BCUT2D eigenvalue weighted by molar-refractivity contribution is -0.459. The van der Waals surface area contributed by atoms with Crippen molar-refractivity contribution in [3.8, 4) is 0 Å². The molecule has 0 aliphatic carbocycles. The molecule has 10 nitrogen and oxygen atoms in total. The van der Waals surface area contributed by atoms with E-state index >= 15 is 0 Å². The minimum Gasteiger partial charge on any atom is -0.444 e. The molecular weight excluding hydrogens is 701 g/mol. The molecule has 10 heteroatoms. The molecule has 0 saturated heterocycles. The molecule has 7 N–H and O–H groups in total. The van der Waals surface area contributed by atoms with Crippen LogP contribution in [0.3, 0.4) is 0 Å². The Morgan fingerprint density at radius 2 is 1.02 bits per heavy atom. The largest absolute Gasteiger partial charge is 0.444 e. The standard InChI is InChI=1S/C46H90N6O4/c1-6-8-10-12-14-16-18-20-22-23-25-27-29-31-33-35-39-52(38-34-32-30-28-26-24-21-19-17-15-13-11-9-7-2)42(53)40-50-43(54)41(36-37-49-44(47)48)51-45(55)56-46(3,4)5/h20,22,41H,6-19,21,23-40H2,1-5H3,(H,50,54)(H,51,55)(H4,47,48,49)/p+1/b22-20-. The molecule has 0 saturated carbocycles. The summed E-state index contributed by atoms with van der Waals surface area (Å²) in [6.45, 7) is 11.4. The molecule has 0 aromatic heterocycles. The number of hydrogen-bond donors (Lipinski definition) is 5. The van der Waals surface area contributed by atoms with Gasteiger partial charge in [0.15, 0.2) is 0 Å². The first kappa shape index (κ1) is 53.2. The Balaban J connectivity index is 4.78. The summed E-state index contributed by atoms with van der Waals surface area (Å²) in [5.74, 6) is -0.508. The SMILES string of the molecule is CCCCCCCC/C=C\CCCCCCCCN(CCCCCCCCCCCCCCCC)C(=O)CNC(=O)C(CC[NH+]=C(N)N)NC(=O)OC(C)(C)C. The van der Waals surface area contributed by atoms with Gasteiger partial charge in [-0.2, -0.15) is 0 Å². The lowest BCUT2D eigenvalue weighted by atomic mass is 10.0. The quantitative estimate of drug-likeness (QED) is 0.0182. The molecule has 56 heavy (non-hydrogen) atoms. The van der Waals surface area contributed by atoms with Crippen LogP contribution in [0.2, 0.25) is 0 Å². The number of guanidine groups is 1. The van der Waals surface area contributed by atoms with Crippen molar-refractivity contribution in [1.82, 2.24) is 15.5 Å². The molecule has 0 aromatic rings. The molecule has 0 aliphatic heterocycles. The van der Waals surface area contributed by atoms with Crippen LogP contribution >= 0.6 is 0 Å². The number of nitrogens with two attached hydrogens (primary N) is 2. The number of allylic oxidation sites excluding steroid dienone is 2. The van der Waals surface area contributed by atoms with E-state index in [4.69, 9.17) is 16.2 Å². The molecule has 3 amide bonds. The number of carbonyl (C=O) groups excluding carboxylic acids is 3. The number of carbonyl (C=O) groups is 3. The molecule has 0 heterocycles. The number of alkyl carbamates (subject to hydrolysis) is 1. The zero-order chi connectivity index (χ0) is 41.5. The lowest BCUT2D eigenvalue weighted by Crippen LogP contribution is -2.78. The highest BCUT2D eigenvalue weighted by molar-refractivity contribution is 5.89. The maximum absolute atomic E-state index is 13.5.